The zero-order valence-electron chi connectivity index (χ0n) is 13.6. The van der Waals surface area contributed by atoms with Crippen molar-refractivity contribution in [1.82, 2.24) is 5.32 Å². The van der Waals surface area contributed by atoms with Gasteiger partial charge in [-0.15, -0.1) is 0 Å². The summed E-state index contributed by atoms with van der Waals surface area (Å²) in [4.78, 5) is 23.9. The second-order valence-corrected chi connectivity index (χ2v) is 5.45. The van der Waals surface area contributed by atoms with Gasteiger partial charge >= 0.3 is 0 Å². The molecule has 0 saturated heterocycles. The average molecular weight is 310 g/mol. The van der Waals surface area contributed by atoms with Gasteiger partial charge in [-0.3, -0.25) is 9.59 Å². The number of carbonyl (C=O) groups is 2. The maximum absolute atomic E-state index is 12.1. The number of amides is 2. The van der Waals surface area contributed by atoms with Crippen LogP contribution in [0.1, 0.15) is 34.3 Å². The molecule has 4 heteroatoms. The van der Waals surface area contributed by atoms with E-state index in [0.29, 0.717) is 17.7 Å². The van der Waals surface area contributed by atoms with Gasteiger partial charge in [-0.2, -0.15) is 0 Å². The molecule has 0 spiro atoms. The molecule has 4 nitrogen and oxygen atoms in total. The highest BCUT2D eigenvalue weighted by Gasteiger charge is 2.11. The summed E-state index contributed by atoms with van der Waals surface area (Å²) in [5, 5.41) is 5.40. The zero-order valence-corrected chi connectivity index (χ0v) is 13.6. The number of rotatable bonds is 6. The van der Waals surface area contributed by atoms with E-state index in [1.165, 1.54) is 11.1 Å². The van der Waals surface area contributed by atoms with Gasteiger partial charge in [-0.1, -0.05) is 36.4 Å². The fourth-order valence-electron chi connectivity index (χ4n) is 2.47. The molecule has 0 aliphatic rings. The van der Waals surface area contributed by atoms with E-state index in [-0.39, 0.29) is 11.8 Å². The van der Waals surface area contributed by atoms with Gasteiger partial charge in [0.2, 0.25) is 5.91 Å². The second-order valence-electron chi connectivity index (χ2n) is 5.45. The van der Waals surface area contributed by atoms with E-state index in [0.717, 1.165) is 12.8 Å². The molecule has 2 rings (SSSR count). The fourth-order valence-corrected chi connectivity index (χ4v) is 2.47. The Balaban J connectivity index is 1.91. The molecule has 0 unspecified atom stereocenters. The predicted molar refractivity (Wildman–Crippen MR) is 92.6 cm³/mol. The monoisotopic (exact) mass is 310 g/mol. The molecular formula is C19H22N2O2. The quantitative estimate of drug-likeness (QED) is 0.860. The van der Waals surface area contributed by atoms with Crippen molar-refractivity contribution in [3.05, 3.63) is 65.2 Å². The normalized spacial score (nSPS) is 10.2. The van der Waals surface area contributed by atoms with E-state index < -0.39 is 0 Å². The number of aryl methyl sites for hydroxylation is 2. The third kappa shape index (κ3) is 4.68. The highest BCUT2D eigenvalue weighted by Crippen LogP contribution is 2.16. The molecule has 0 saturated carbocycles. The molecule has 0 bridgehead atoms. The molecule has 0 atom stereocenters. The third-order valence-electron chi connectivity index (χ3n) is 3.78. The van der Waals surface area contributed by atoms with Crippen LogP contribution in [0.15, 0.2) is 48.5 Å². The molecule has 0 heterocycles. The Morgan fingerprint density at radius 3 is 2.43 bits per heavy atom. The van der Waals surface area contributed by atoms with Crippen LogP contribution in [0, 0.1) is 6.92 Å². The van der Waals surface area contributed by atoms with Crippen LogP contribution in [0.3, 0.4) is 0 Å². The smallest absolute Gasteiger partial charge is 0.253 e. The molecule has 2 amide bonds. The Kier molecular flexibility index (Phi) is 5.92. The van der Waals surface area contributed by atoms with Crippen molar-refractivity contribution >= 4 is 17.5 Å². The summed E-state index contributed by atoms with van der Waals surface area (Å²) in [6, 6.07) is 15.2. The molecule has 120 valence electrons. The highest BCUT2D eigenvalue weighted by molar-refractivity contribution is 6.03. The lowest BCUT2D eigenvalue weighted by molar-refractivity contribution is -0.116. The van der Waals surface area contributed by atoms with Crippen LogP contribution in [0.25, 0.3) is 0 Å². The fraction of sp³-hybridized carbons (Fsp3) is 0.263. The van der Waals surface area contributed by atoms with Gasteiger partial charge in [0, 0.05) is 13.5 Å². The van der Waals surface area contributed by atoms with E-state index in [1.807, 2.05) is 12.1 Å². The maximum atomic E-state index is 12.1. The Morgan fingerprint density at radius 2 is 1.70 bits per heavy atom. The molecule has 2 aromatic carbocycles. The Hall–Kier alpha value is -2.62. The van der Waals surface area contributed by atoms with Crippen LogP contribution in [0.4, 0.5) is 5.69 Å². The van der Waals surface area contributed by atoms with Gasteiger partial charge in [0.1, 0.15) is 0 Å². The maximum Gasteiger partial charge on any atom is 0.253 e. The van der Waals surface area contributed by atoms with E-state index in [1.54, 1.807) is 31.3 Å². The molecular weight excluding hydrogens is 288 g/mol. The van der Waals surface area contributed by atoms with Crippen LogP contribution < -0.4 is 10.6 Å². The van der Waals surface area contributed by atoms with Gasteiger partial charge in [-0.05, 0) is 43.0 Å². The SMILES string of the molecule is CNC(=O)c1ccccc1NC(=O)CCCc1ccccc1C. The first-order valence-electron chi connectivity index (χ1n) is 7.77. The van der Waals surface area contributed by atoms with E-state index in [4.69, 9.17) is 0 Å². The number of carbonyl (C=O) groups excluding carboxylic acids is 2. The topological polar surface area (TPSA) is 58.2 Å². The first kappa shape index (κ1) is 16.7. The van der Waals surface area contributed by atoms with Crippen molar-refractivity contribution in [1.29, 1.82) is 0 Å². The van der Waals surface area contributed by atoms with Crippen molar-refractivity contribution in [2.24, 2.45) is 0 Å². The minimum absolute atomic E-state index is 0.0741. The Morgan fingerprint density at radius 1 is 1.00 bits per heavy atom. The predicted octanol–water partition coefficient (Wildman–Crippen LogP) is 3.32. The van der Waals surface area contributed by atoms with E-state index in [9.17, 15) is 9.59 Å². The van der Waals surface area contributed by atoms with Gasteiger partial charge in [-0.25, -0.2) is 0 Å². The van der Waals surface area contributed by atoms with Crippen molar-refractivity contribution in [2.75, 3.05) is 12.4 Å². The standard InChI is InChI=1S/C19H22N2O2/c1-14-8-3-4-9-15(14)10-7-13-18(22)21-17-12-6-5-11-16(17)19(23)20-2/h3-6,8-9,11-12H,7,10,13H2,1-2H3,(H,20,23)(H,21,22). The van der Waals surface area contributed by atoms with E-state index in [2.05, 4.69) is 29.7 Å². The zero-order chi connectivity index (χ0) is 16.7. The number of benzene rings is 2. The summed E-state index contributed by atoms with van der Waals surface area (Å²) < 4.78 is 0. The average Bonchev–Trinajstić information content (AvgIpc) is 2.56. The lowest BCUT2D eigenvalue weighted by atomic mass is 10.0. The first-order chi connectivity index (χ1) is 11.1. The van der Waals surface area contributed by atoms with Gasteiger partial charge in [0.15, 0.2) is 0 Å². The second kappa shape index (κ2) is 8.13. The summed E-state index contributed by atoms with van der Waals surface area (Å²) >= 11 is 0. The van der Waals surface area contributed by atoms with Crippen LogP contribution in [-0.2, 0) is 11.2 Å². The van der Waals surface area contributed by atoms with Gasteiger partial charge in [0.25, 0.3) is 5.91 Å². The van der Waals surface area contributed by atoms with Crippen LogP contribution >= 0.6 is 0 Å². The van der Waals surface area contributed by atoms with Crippen molar-refractivity contribution in [3.8, 4) is 0 Å². The molecule has 2 aromatic rings. The van der Waals surface area contributed by atoms with Gasteiger partial charge < -0.3 is 10.6 Å². The lowest BCUT2D eigenvalue weighted by Crippen LogP contribution is -2.21. The third-order valence-corrected chi connectivity index (χ3v) is 3.78. The van der Waals surface area contributed by atoms with Crippen LogP contribution in [0.2, 0.25) is 0 Å². The summed E-state index contributed by atoms with van der Waals surface area (Å²) in [6.45, 7) is 2.08. The number of hydrogen-bond donors (Lipinski definition) is 2. The van der Waals surface area contributed by atoms with Crippen molar-refractivity contribution in [3.63, 3.8) is 0 Å². The van der Waals surface area contributed by atoms with Crippen molar-refractivity contribution in [2.45, 2.75) is 26.2 Å². The lowest BCUT2D eigenvalue weighted by Gasteiger charge is -2.10. The molecule has 0 aliphatic carbocycles. The molecule has 0 radical (unpaired) electrons. The van der Waals surface area contributed by atoms with Crippen molar-refractivity contribution < 1.29 is 9.59 Å². The minimum atomic E-state index is -0.208. The number of para-hydroxylation sites is 1. The first-order valence-corrected chi connectivity index (χ1v) is 7.77. The van der Waals surface area contributed by atoms with Crippen LogP contribution in [-0.4, -0.2) is 18.9 Å². The summed E-state index contributed by atoms with van der Waals surface area (Å²) in [7, 11) is 1.57. The molecule has 0 fully saturated rings. The summed E-state index contributed by atoms with van der Waals surface area (Å²) in [6.07, 6.45) is 2.08. The largest absolute Gasteiger partial charge is 0.355 e. The molecule has 0 aromatic heterocycles. The molecule has 2 N–H and O–H groups in total. The van der Waals surface area contributed by atoms with Gasteiger partial charge in [0.05, 0.1) is 11.3 Å². The Labute approximate surface area is 136 Å². The highest BCUT2D eigenvalue weighted by atomic mass is 16.2. The number of nitrogens with one attached hydrogen (secondary N) is 2. The molecule has 23 heavy (non-hydrogen) atoms. The summed E-state index contributed by atoms with van der Waals surface area (Å²) in [5.74, 6) is -0.282. The minimum Gasteiger partial charge on any atom is -0.355 e. The summed E-state index contributed by atoms with van der Waals surface area (Å²) in [5.41, 5.74) is 3.54. The molecule has 0 aliphatic heterocycles. The Bertz CT molecular complexity index is 695. The van der Waals surface area contributed by atoms with Crippen LogP contribution in [0.5, 0.6) is 0 Å². The number of anilines is 1. The number of hydrogen-bond acceptors (Lipinski definition) is 2. The van der Waals surface area contributed by atoms with E-state index >= 15 is 0 Å².